The van der Waals surface area contributed by atoms with Crippen molar-refractivity contribution < 1.29 is 8.81 Å². The van der Waals surface area contributed by atoms with Crippen LogP contribution in [0.15, 0.2) is 34.9 Å². The molecule has 1 aromatic carbocycles. The number of hydrogen-bond acceptors (Lipinski definition) is 4. The number of thioether (sulfide) groups is 1. The Kier molecular flexibility index (Phi) is 4.55. The minimum atomic E-state index is -0.267. The molecule has 0 radical (unpaired) electrons. The molecule has 2 heterocycles. The second kappa shape index (κ2) is 6.58. The van der Waals surface area contributed by atoms with Crippen LogP contribution in [0.1, 0.15) is 18.5 Å². The third-order valence-electron chi connectivity index (χ3n) is 3.35. The van der Waals surface area contributed by atoms with E-state index in [9.17, 15) is 4.39 Å². The maximum Gasteiger partial charge on any atom is 0.226 e. The van der Waals surface area contributed by atoms with Crippen molar-refractivity contribution in [3.05, 3.63) is 42.0 Å². The summed E-state index contributed by atoms with van der Waals surface area (Å²) >= 11 is 7.03. The van der Waals surface area contributed by atoms with Crippen LogP contribution in [0.5, 0.6) is 0 Å². The molecule has 1 aromatic heterocycles. The fourth-order valence-electron chi connectivity index (χ4n) is 2.22. The Morgan fingerprint density at radius 2 is 2.00 bits per heavy atom. The lowest BCUT2D eigenvalue weighted by atomic mass is 10.2. The minimum absolute atomic E-state index is 0.267. The summed E-state index contributed by atoms with van der Waals surface area (Å²) in [5.74, 6) is 0.940. The monoisotopic (exact) mass is 322 g/mol. The SMILES string of the molecule is Fc1ccc(-c2nc(CSC(=S)N3CCCC3)co2)cc1. The number of likely N-dealkylation sites (tertiary alicyclic amines) is 1. The highest BCUT2D eigenvalue weighted by atomic mass is 32.2. The van der Waals surface area contributed by atoms with Crippen LogP contribution in [-0.4, -0.2) is 27.3 Å². The Hall–Kier alpha value is -1.40. The second-order valence-electron chi connectivity index (χ2n) is 4.90. The van der Waals surface area contributed by atoms with Gasteiger partial charge in [-0.25, -0.2) is 9.37 Å². The molecule has 3 rings (SSSR count). The van der Waals surface area contributed by atoms with Gasteiger partial charge in [-0.3, -0.25) is 0 Å². The van der Waals surface area contributed by atoms with E-state index < -0.39 is 0 Å². The third kappa shape index (κ3) is 3.63. The van der Waals surface area contributed by atoms with E-state index >= 15 is 0 Å². The molecule has 3 nitrogen and oxygen atoms in total. The Labute approximate surface area is 132 Å². The highest BCUT2D eigenvalue weighted by molar-refractivity contribution is 8.22. The van der Waals surface area contributed by atoms with Crippen molar-refractivity contribution in [3.8, 4) is 11.5 Å². The van der Waals surface area contributed by atoms with Gasteiger partial charge < -0.3 is 9.32 Å². The van der Waals surface area contributed by atoms with Crippen molar-refractivity contribution in [2.24, 2.45) is 0 Å². The lowest BCUT2D eigenvalue weighted by molar-refractivity contribution is 0.539. The fraction of sp³-hybridized carbons (Fsp3) is 0.333. The Morgan fingerprint density at radius 3 is 2.71 bits per heavy atom. The van der Waals surface area contributed by atoms with Gasteiger partial charge in [-0.15, -0.1) is 0 Å². The highest BCUT2D eigenvalue weighted by Crippen LogP contribution is 2.23. The Balaban J connectivity index is 1.60. The van der Waals surface area contributed by atoms with Gasteiger partial charge in [0.15, 0.2) is 0 Å². The van der Waals surface area contributed by atoms with E-state index in [0.717, 1.165) is 28.7 Å². The number of rotatable bonds is 3. The van der Waals surface area contributed by atoms with Crippen LogP contribution >= 0.6 is 24.0 Å². The third-order valence-corrected chi connectivity index (χ3v) is 4.91. The molecule has 1 aliphatic heterocycles. The first-order valence-corrected chi connectivity index (χ1v) is 8.24. The normalized spacial score (nSPS) is 14.6. The van der Waals surface area contributed by atoms with Gasteiger partial charge in [0.1, 0.15) is 16.4 Å². The average Bonchev–Trinajstić information content (AvgIpc) is 3.17. The lowest BCUT2D eigenvalue weighted by Gasteiger charge is -2.16. The number of benzene rings is 1. The Bertz CT molecular complexity index is 621. The molecule has 110 valence electrons. The van der Waals surface area contributed by atoms with Crippen LogP contribution in [0.3, 0.4) is 0 Å². The second-order valence-corrected chi connectivity index (χ2v) is 6.51. The van der Waals surface area contributed by atoms with Gasteiger partial charge in [0, 0.05) is 24.4 Å². The number of thiocarbonyl (C=S) groups is 1. The first kappa shape index (κ1) is 14.5. The Morgan fingerprint density at radius 1 is 1.29 bits per heavy atom. The molecule has 2 aromatic rings. The van der Waals surface area contributed by atoms with Gasteiger partial charge in [-0.05, 0) is 37.1 Å². The van der Waals surface area contributed by atoms with E-state index in [4.69, 9.17) is 16.6 Å². The van der Waals surface area contributed by atoms with Crippen molar-refractivity contribution in [2.45, 2.75) is 18.6 Å². The molecule has 0 saturated carbocycles. The predicted molar refractivity (Wildman–Crippen MR) is 86.6 cm³/mol. The summed E-state index contributed by atoms with van der Waals surface area (Å²) in [6.07, 6.45) is 4.08. The highest BCUT2D eigenvalue weighted by Gasteiger charge is 2.16. The van der Waals surface area contributed by atoms with Crippen LogP contribution in [-0.2, 0) is 5.75 Å². The number of oxazole rings is 1. The van der Waals surface area contributed by atoms with E-state index in [-0.39, 0.29) is 5.82 Å². The summed E-state index contributed by atoms with van der Waals surface area (Å²) in [5.41, 5.74) is 1.62. The van der Waals surface area contributed by atoms with Crippen LogP contribution in [0.4, 0.5) is 4.39 Å². The van der Waals surface area contributed by atoms with Gasteiger partial charge >= 0.3 is 0 Å². The summed E-state index contributed by atoms with van der Waals surface area (Å²) in [4.78, 5) is 6.66. The molecule has 1 aliphatic rings. The molecule has 6 heteroatoms. The topological polar surface area (TPSA) is 29.3 Å². The first-order chi connectivity index (χ1) is 10.2. The number of hydrogen-bond donors (Lipinski definition) is 0. The van der Waals surface area contributed by atoms with E-state index in [1.807, 2.05) is 0 Å². The van der Waals surface area contributed by atoms with Crippen molar-refractivity contribution in [1.82, 2.24) is 9.88 Å². The molecule has 0 aliphatic carbocycles. The summed E-state index contributed by atoms with van der Waals surface area (Å²) < 4.78 is 19.3. The zero-order valence-corrected chi connectivity index (χ0v) is 13.1. The minimum Gasteiger partial charge on any atom is -0.444 e. The van der Waals surface area contributed by atoms with Gasteiger partial charge in [0.05, 0.1) is 5.69 Å². The van der Waals surface area contributed by atoms with Crippen LogP contribution in [0.2, 0.25) is 0 Å². The standard InChI is InChI=1S/C15H15FN2OS2/c16-12-5-3-11(4-6-12)14-17-13(9-19-14)10-21-15(20)18-7-1-2-8-18/h3-6,9H,1-2,7-8,10H2. The molecule has 0 bridgehead atoms. The average molecular weight is 322 g/mol. The molecular weight excluding hydrogens is 307 g/mol. The fourth-order valence-corrected chi connectivity index (χ4v) is 3.35. The predicted octanol–water partition coefficient (Wildman–Crippen LogP) is 4.09. The van der Waals surface area contributed by atoms with Crippen molar-refractivity contribution in [2.75, 3.05) is 13.1 Å². The summed E-state index contributed by atoms with van der Waals surface area (Å²) in [6.45, 7) is 2.12. The molecule has 0 atom stereocenters. The summed E-state index contributed by atoms with van der Waals surface area (Å²) in [6, 6.07) is 6.12. The molecule has 0 spiro atoms. The number of nitrogens with zero attached hydrogens (tertiary/aromatic N) is 2. The van der Waals surface area contributed by atoms with Crippen LogP contribution in [0.25, 0.3) is 11.5 Å². The first-order valence-electron chi connectivity index (χ1n) is 6.84. The smallest absolute Gasteiger partial charge is 0.226 e. The van der Waals surface area contributed by atoms with Gasteiger partial charge in [0.25, 0.3) is 0 Å². The van der Waals surface area contributed by atoms with Gasteiger partial charge in [0.2, 0.25) is 5.89 Å². The number of aromatic nitrogens is 1. The quantitative estimate of drug-likeness (QED) is 0.794. The molecule has 21 heavy (non-hydrogen) atoms. The van der Waals surface area contributed by atoms with Crippen molar-refractivity contribution in [3.63, 3.8) is 0 Å². The zero-order chi connectivity index (χ0) is 14.7. The van der Waals surface area contributed by atoms with E-state index in [1.54, 1.807) is 30.2 Å². The largest absolute Gasteiger partial charge is 0.444 e. The molecule has 1 saturated heterocycles. The van der Waals surface area contributed by atoms with E-state index in [2.05, 4.69) is 9.88 Å². The molecule has 0 amide bonds. The molecule has 1 fully saturated rings. The summed E-state index contributed by atoms with van der Waals surface area (Å²) in [7, 11) is 0. The maximum absolute atomic E-state index is 12.9. The molecular formula is C15H15FN2OS2. The van der Waals surface area contributed by atoms with Crippen molar-refractivity contribution in [1.29, 1.82) is 0 Å². The lowest BCUT2D eigenvalue weighted by Crippen LogP contribution is -2.23. The number of halogens is 1. The van der Waals surface area contributed by atoms with E-state index in [1.165, 1.54) is 25.0 Å². The summed E-state index contributed by atoms with van der Waals surface area (Å²) in [5, 5.41) is 0. The zero-order valence-electron chi connectivity index (χ0n) is 11.4. The maximum atomic E-state index is 12.9. The van der Waals surface area contributed by atoms with Crippen LogP contribution in [0, 0.1) is 5.82 Å². The van der Waals surface area contributed by atoms with Crippen LogP contribution < -0.4 is 0 Å². The van der Waals surface area contributed by atoms with Gasteiger partial charge in [-0.2, -0.15) is 0 Å². The molecule has 0 N–H and O–H groups in total. The van der Waals surface area contributed by atoms with Gasteiger partial charge in [-0.1, -0.05) is 24.0 Å². The molecule has 0 unspecified atom stereocenters. The van der Waals surface area contributed by atoms with E-state index in [0.29, 0.717) is 11.6 Å². The van der Waals surface area contributed by atoms with Crippen molar-refractivity contribution >= 4 is 28.3 Å².